The van der Waals surface area contributed by atoms with E-state index >= 15 is 0 Å². The van der Waals surface area contributed by atoms with Crippen LogP contribution >= 0.6 is 0 Å². The number of carbonyl (C=O) groups excluding carboxylic acids is 2. The van der Waals surface area contributed by atoms with Crippen molar-refractivity contribution in [3.05, 3.63) is 71.8 Å². The Bertz CT molecular complexity index is 951. The number of carboxylic acids is 1. The van der Waals surface area contributed by atoms with Gasteiger partial charge in [0, 0.05) is 25.2 Å². The third-order valence-corrected chi connectivity index (χ3v) is 5.65. The third kappa shape index (κ3) is 1.97. The molecule has 2 aromatic carbocycles. The Balaban J connectivity index is 2.10. The van der Waals surface area contributed by atoms with Gasteiger partial charge in [-0.25, -0.2) is 9.59 Å². The minimum atomic E-state index is -1.38. The van der Waals surface area contributed by atoms with Crippen molar-refractivity contribution >= 4 is 18.0 Å². The van der Waals surface area contributed by atoms with Crippen molar-refractivity contribution in [2.75, 3.05) is 20.6 Å². The molecule has 0 bridgehead atoms. The fraction of sp³-hybridized carbons (Fsp3) is 0.250. The molecule has 2 aromatic rings. The topological polar surface area (TPSA) is 93.2 Å². The van der Waals surface area contributed by atoms with Gasteiger partial charge in [0.05, 0.1) is 0 Å². The smallest absolute Gasteiger partial charge is 0.324 e. The van der Waals surface area contributed by atoms with Crippen LogP contribution in [-0.4, -0.2) is 58.5 Å². The summed E-state index contributed by atoms with van der Waals surface area (Å²) in [5.41, 5.74) is -1.36. The predicted octanol–water partition coefficient (Wildman–Crippen LogP) is 1.80. The Hall–Kier alpha value is -3.55. The summed E-state index contributed by atoms with van der Waals surface area (Å²) in [7, 11) is 3.20. The molecular formula is C20H20N4O4. The maximum absolute atomic E-state index is 13.1. The van der Waals surface area contributed by atoms with Crippen LogP contribution in [0.1, 0.15) is 11.1 Å². The number of nitrogens with zero attached hydrogens (tertiary/aromatic N) is 3. The molecule has 2 aliphatic rings. The van der Waals surface area contributed by atoms with E-state index in [1.165, 1.54) is 14.7 Å². The van der Waals surface area contributed by atoms with E-state index < -0.39 is 29.9 Å². The minimum absolute atomic E-state index is 0.330. The number of amides is 4. The molecule has 0 radical (unpaired) electrons. The van der Waals surface area contributed by atoms with Crippen LogP contribution in [0.5, 0.6) is 0 Å². The molecule has 2 fully saturated rings. The Labute approximate surface area is 162 Å². The molecular weight excluding hydrogens is 360 g/mol. The average molecular weight is 380 g/mol. The standard InChI is InChI=1S/C20H20N4O4/c1-22-18(28)23(2)20(15-11-7-4-8-12-15)19(22,14-9-5-3-6-10-14)21-17(27)24(20)13-16(25)26/h3-12H,13H2,1-2H3,(H,21,27)(H,25,26)/t19-,20+/m1/s1. The molecule has 0 saturated carbocycles. The number of carbonyl (C=O) groups is 3. The van der Waals surface area contributed by atoms with Crippen molar-refractivity contribution < 1.29 is 19.5 Å². The zero-order chi connectivity index (χ0) is 20.1. The monoisotopic (exact) mass is 380 g/mol. The zero-order valence-electron chi connectivity index (χ0n) is 15.5. The van der Waals surface area contributed by atoms with Crippen LogP contribution in [0, 0.1) is 0 Å². The molecule has 2 aliphatic heterocycles. The van der Waals surface area contributed by atoms with E-state index in [1.54, 1.807) is 38.4 Å². The second-order valence-corrected chi connectivity index (χ2v) is 6.93. The van der Waals surface area contributed by atoms with Gasteiger partial charge in [0.25, 0.3) is 0 Å². The van der Waals surface area contributed by atoms with Crippen molar-refractivity contribution in [2.45, 2.75) is 11.3 Å². The first-order chi connectivity index (χ1) is 13.4. The van der Waals surface area contributed by atoms with Crippen molar-refractivity contribution in [3.63, 3.8) is 0 Å². The molecule has 2 atom stereocenters. The highest BCUT2D eigenvalue weighted by atomic mass is 16.4. The van der Waals surface area contributed by atoms with Gasteiger partial charge in [0.1, 0.15) is 6.54 Å². The van der Waals surface area contributed by atoms with E-state index in [0.717, 1.165) is 0 Å². The molecule has 0 aromatic heterocycles. The lowest BCUT2D eigenvalue weighted by molar-refractivity contribution is -0.141. The fourth-order valence-corrected chi connectivity index (χ4v) is 4.60. The molecule has 4 amide bonds. The van der Waals surface area contributed by atoms with Gasteiger partial charge in [0.2, 0.25) is 0 Å². The second-order valence-electron chi connectivity index (χ2n) is 6.93. The number of carboxylic acid groups (broad SMARTS) is 1. The minimum Gasteiger partial charge on any atom is -0.480 e. The van der Waals surface area contributed by atoms with Gasteiger partial charge < -0.3 is 10.4 Å². The summed E-state index contributed by atoms with van der Waals surface area (Å²) >= 11 is 0. The number of aliphatic carboxylic acids is 1. The average Bonchev–Trinajstić information content (AvgIpc) is 3.05. The van der Waals surface area contributed by atoms with E-state index in [-0.39, 0.29) is 6.03 Å². The lowest BCUT2D eigenvalue weighted by Gasteiger charge is -2.46. The van der Waals surface area contributed by atoms with Crippen LogP contribution in [0.25, 0.3) is 0 Å². The largest absolute Gasteiger partial charge is 0.480 e. The molecule has 8 heteroatoms. The van der Waals surface area contributed by atoms with Gasteiger partial charge in [-0.15, -0.1) is 0 Å². The van der Waals surface area contributed by atoms with Crippen LogP contribution in [0.3, 0.4) is 0 Å². The number of nitrogens with one attached hydrogen (secondary N) is 1. The van der Waals surface area contributed by atoms with Gasteiger partial charge in [-0.1, -0.05) is 60.7 Å². The number of benzene rings is 2. The number of fused-ring (bicyclic) bond motifs is 1. The number of likely N-dealkylation sites (N-methyl/N-ethyl adjacent to an activating group) is 2. The van der Waals surface area contributed by atoms with Crippen LogP contribution in [0.15, 0.2) is 60.7 Å². The highest BCUT2D eigenvalue weighted by molar-refractivity contribution is 5.91. The lowest BCUT2D eigenvalue weighted by Crippen LogP contribution is -2.62. The summed E-state index contributed by atoms with van der Waals surface area (Å²) in [4.78, 5) is 42.0. The number of hydrogen-bond donors (Lipinski definition) is 2. The second kappa shape index (κ2) is 5.98. The van der Waals surface area contributed by atoms with Crippen LogP contribution < -0.4 is 5.32 Å². The van der Waals surface area contributed by atoms with Gasteiger partial charge in [-0.05, 0) is 0 Å². The van der Waals surface area contributed by atoms with Gasteiger partial charge in [0.15, 0.2) is 11.3 Å². The Kier molecular flexibility index (Phi) is 3.81. The lowest BCUT2D eigenvalue weighted by atomic mass is 9.80. The van der Waals surface area contributed by atoms with Gasteiger partial charge in [-0.3, -0.25) is 19.5 Å². The van der Waals surface area contributed by atoms with E-state index in [0.29, 0.717) is 11.1 Å². The first-order valence-corrected chi connectivity index (χ1v) is 8.81. The molecule has 0 aliphatic carbocycles. The van der Waals surface area contributed by atoms with Crippen LogP contribution in [0.4, 0.5) is 9.59 Å². The first-order valence-electron chi connectivity index (χ1n) is 8.81. The summed E-state index contributed by atoms with van der Waals surface area (Å²) in [6.07, 6.45) is 0. The maximum atomic E-state index is 13.1. The molecule has 144 valence electrons. The molecule has 0 spiro atoms. The number of urea groups is 2. The predicted molar refractivity (Wildman–Crippen MR) is 100 cm³/mol. The SMILES string of the molecule is CN1C(=O)N(C)[C@@]2(c3ccccc3)NC(=O)N(CC(=O)O)[C@]12c1ccccc1. The Morgan fingerprint density at radius 1 is 0.929 bits per heavy atom. The van der Waals surface area contributed by atoms with Crippen LogP contribution in [-0.2, 0) is 16.1 Å². The maximum Gasteiger partial charge on any atom is 0.324 e. The van der Waals surface area contributed by atoms with E-state index in [9.17, 15) is 19.5 Å². The molecule has 4 rings (SSSR count). The number of rotatable bonds is 4. The molecule has 2 heterocycles. The summed E-state index contributed by atoms with van der Waals surface area (Å²) in [6.45, 7) is -0.555. The molecule has 0 unspecified atom stereocenters. The van der Waals surface area contributed by atoms with E-state index in [2.05, 4.69) is 5.32 Å². The van der Waals surface area contributed by atoms with E-state index in [1.807, 2.05) is 36.4 Å². The quantitative estimate of drug-likeness (QED) is 0.846. The Morgan fingerprint density at radius 2 is 1.46 bits per heavy atom. The first kappa shape index (κ1) is 17.8. The molecule has 2 N–H and O–H groups in total. The fourth-order valence-electron chi connectivity index (χ4n) is 4.60. The van der Waals surface area contributed by atoms with Crippen LogP contribution in [0.2, 0.25) is 0 Å². The van der Waals surface area contributed by atoms with E-state index in [4.69, 9.17) is 0 Å². The normalized spacial score (nSPS) is 26.4. The summed E-state index contributed by atoms with van der Waals surface area (Å²) in [5.74, 6) is -1.16. The highest BCUT2D eigenvalue weighted by Crippen LogP contribution is 2.56. The van der Waals surface area contributed by atoms with Crippen molar-refractivity contribution in [1.29, 1.82) is 0 Å². The van der Waals surface area contributed by atoms with Gasteiger partial charge in [-0.2, -0.15) is 0 Å². The molecule has 2 saturated heterocycles. The van der Waals surface area contributed by atoms with Crippen molar-refractivity contribution in [1.82, 2.24) is 20.0 Å². The van der Waals surface area contributed by atoms with Crippen molar-refractivity contribution in [2.24, 2.45) is 0 Å². The highest BCUT2D eigenvalue weighted by Gasteiger charge is 2.75. The summed E-state index contributed by atoms with van der Waals surface area (Å²) < 4.78 is 0. The zero-order valence-corrected chi connectivity index (χ0v) is 15.5. The Morgan fingerprint density at radius 3 is 2.00 bits per heavy atom. The summed E-state index contributed by atoms with van der Waals surface area (Å²) in [5, 5.41) is 12.4. The van der Waals surface area contributed by atoms with Gasteiger partial charge >= 0.3 is 18.0 Å². The molecule has 8 nitrogen and oxygen atoms in total. The van der Waals surface area contributed by atoms with Crippen molar-refractivity contribution in [3.8, 4) is 0 Å². The number of hydrogen-bond acceptors (Lipinski definition) is 3. The summed E-state index contributed by atoms with van der Waals surface area (Å²) in [6, 6.07) is 17.3. The third-order valence-electron chi connectivity index (χ3n) is 5.65. The molecule has 28 heavy (non-hydrogen) atoms.